The van der Waals surface area contributed by atoms with Crippen LogP contribution in [0.4, 0.5) is 0 Å². The Morgan fingerprint density at radius 2 is 1.87 bits per heavy atom. The van der Waals surface area contributed by atoms with E-state index in [2.05, 4.69) is 6.92 Å². The molecule has 2 aliphatic rings. The Kier molecular flexibility index (Phi) is 2.47. The molecule has 1 saturated carbocycles. The van der Waals surface area contributed by atoms with E-state index in [-0.39, 0.29) is 36.6 Å². The molecule has 1 heterocycles. The van der Waals surface area contributed by atoms with E-state index in [4.69, 9.17) is 5.26 Å². The maximum absolute atomic E-state index is 11.8. The zero-order valence-electron chi connectivity index (χ0n) is 8.77. The van der Waals surface area contributed by atoms with Crippen LogP contribution in [0.2, 0.25) is 0 Å². The molecule has 1 aliphatic heterocycles. The first-order valence-corrected chi connectivity index (χ1v) is 5.37. The molecule has 0 aromatic rings. The zero-order valence-corrected chi connectivity index (χ0v) is 8.77. The molecule has 0 aromatic heterocycles. The number of fused-ring (bicyclic) bond motifs is 1. The Balaban J connectivity index is 2.11. The molecule has 2 fully saturated rings. The van der Waals surface area contributed by atoms with Crippen molar-refractivity contribution in [3.05, 3.63) is 0 Å². The van der Waals surface area contributed by atoms with E-state index in [1.165, 1.54) is 4.90 Å². The zero-order chi connectivity index (χ0) is 11.0. The maximum atomic E-state index is 11.8. The monoisotopic (exact) mass is 206 g/mol. The van der Waals surface area contributed by atoms with Crippen LogP contribution in [0.3, 0.4) is 0 Å². The van der Waals surface area contributed by atoms with Crippen molar-refractivity contribution in [2.75, 3.05) is 6.54 Å². The lowest BCUT2D eigenvalue weighted by Gasteiger charge is -2.14. The number of hydrogen-bond acceptors (Lipinski definition) is 3. The molecule has 4 nitrogen and oxygen atoms in total. The lowest BCUT2D eigenvalue weighted by atomic mass is 10.00. The molecule has 2 amide bonds. The highest BCUT2D eigenvalue weighted by molar-refractivity contribution is 6.05. The summed E-state index contributed by atoms with van der Waals surface area (Å²) in [6.45, 7) is 2.36. The second kappa shape index (κ2) is 3.65. The van der Waals surface area contributed by atoms with Crippen molar-refractivity contribution in [3.63, 3.8) is 0 Å². The van der Waals surface area contributed by atoms with Crippen molar-refractivity contribution in [3.8, 4) is 6.07 Å². The van der Waals surface area contributed by atoms with Crippen LogP contribution in [0.1, 0.15) is 26.2 Å². The van der Waals surface area contributed by atoms with Gasteiger partial charge in [-0.15, -0.1) is 0 Å². The smallest absolute Gasteiger partial charge is 0.233 e. The summed E-state index contributed by atoms with van der Waals surface area (Å²) in [5.74, 6) is 0.192. The summed E-state index contributed by atoms with van der Waals surface area (Å²) in [7, 11) is 0. The molecule has 2 rings (SSSR count). The van der Waals surface area contributed by atoms with Crippen molar-refractivity contribution in [2.45, 2.75) is 26.2 Å². The lowest BCUT2D eigenvalue weighted by molar-refractivity contribution is -0.140. The lowest BCUT2D eigenvalue weighted by Crippen LogP contribution is -2.32. The molecule has 0 bridgehead atoms. The Morgan fingerprint density at radius 1 is 1.33 bits per heavy atom. The third-order valence-electron chi connectivity index (χ3n) is 3.41. The van der Waals surface area contributed by atoms with Gasteiger partial charge in [-0.1, -0.05) is 6.92 Å². The van der Waals surface area contributed by atoms with Gasteiger partial charge >= 0.3 is 0 Å². The van der Waals surface area contributed by atoms with Gasteiger partial charge < -0.3 is 0 Å². The average molecular weight is 206 g/mol. The minimum absolute atomic E-state index is 0.0513. The summed E-state index contributed by atoms with van der Waals surface area (Å²) in [5.41, 5.74) is 0. The predicted molar refractivity (Wildman–Crippen MR) is 52.3 cm³/mol. The predicted octanol–water partition coefficient (Wildman–Crippen LogP) is 0.931. The highest BCUT2D eigenvalue weighted by Crippen LogP contribution is 2.42. The molecule has 0 N–H and O–H groups in total. The number of amides is 2. The first-order valence-electron chi connectivity index (χ1n) is 5.37. The van der Waals surface area contributed by atoms with Gasteiger partial charge in [-0.2, -0.15) is 5.26 Å². The fourth-order valence-corrected chi connectivity index (χ4v) is 2.73. The van der Waals surface area contributed by atoms with Crippen LogP contribution >= 0.6 is 0 Å². The van der Waals surface area contributed by atoms with Gasteiger partial charge in [0.05, 0.1) is 24.3 Å². The standard InChI is InChI=1S/C11H14N2O2/c1-7-5-8-9(6-7)11(15)13(10(8)14)4-2-3-12/h7-9H,2,4-6H2,1H3. The SMILES string of the molecule is CC1CC2C(=O)N(CCC#N)C(=O)C2C1. The van der Waals surface area contributed by atoms with Crippen LogP contribution in [0, 0.1) is 29.1 Å². The highest BCUT2D eigenvalue weighted by Gasteiger charge is 2.51. The fourth-order valence-electron chi connectivity index (χ4n) is 2.73. The van der Waals surface area contributed by atoms with E-state index >= 15 is 0 Å². The number of nitriles is 1. The van der Waals surface area contributed by atoms with Crippen LogP contribution < -0.4 is 0 Å². The number of carbonyl (C=O) groups excluding carboxylic acids is 2. The number of carbonyl (C=O) groups is 2. The van der Waals surface area contributed by atoms with E-state index in [9.17, 15) is 9.59 Å². The van der Waals surface area contributed by atoms with Crippen LogP contribution in [0.25, 0.3) is 0 Å². The van der Waals surface area contributed by atoms with Crippen LogP contribution in [-0.4, -0.2) is 23.3 Å². The van der Waals surface area contributed by atoms with Gasteiger partial charge in [-0.3, -0.25) is 14.5 Å². The van der Waals surface area contributed by atoms with Gasteiger partial charge in [0.15, 0.2) is 0 Å². The number of rotatable bonds is 2. The minimum atomic E-state index is -0.0915. The Hall–Kier alpha value is -1.37. The highest BCUT2D eigenvalue weighted by atomic mass is 16.2. The quantitative estimate of drug-likeness (QED) is 0.631. The second-order valence-corrected chi connectivity index (χ2v) is 4.53. The third kappa shape index (κ3) is 1.52. The van der Waals surface area contributed by atoms with Gasteiger partial charge in [0.2, 0.25) is 11.8 Å². The maximum Gasteiger partial charge on any atom is 0.233 e. The molecule has 2 atom stereocenters. The van der Waals surface area contributed by atoms with E-state index in [1.807, 2.05) is 6.07 Å². The molecule has 0 radical (unpaired) electrons. The first-order chi connectivity index (χ1) is 7.15. The molecular weight excluding hydrogens is 192 g/mol. The molecule has 80 valence electrons. The summed E-state index contributed by atoms with van der Waals surface area (Å²) in [4.78, 5) is 25.0. The average Bonchev–Trinajstić information content (AvgIpc) is 2.67. The number of likely N-dealkylation sites (tertiary alicyclic amines) is 1. The normalized spacial score (nSPS) is 34.4. The fraction of sp³-hybridized carbons (Fsp3) is 0.727. The van der Waals surface area contributed by atoms with Gasteiger partial charge in [-0.25, -0.2) is 0 Å². The largest absolute Gasteiger partial charge is 0.281 e. The number of hydrogen-bond donors (Lipinski definition) is 0. The number of imide groups is 1. The van der Waals surface area contributed by atoms with E-state index in [0.717, 1.165) is 12.8 Å². The van der Waals surface area contributed by atoms with Gasteiger partial charge in [0.1, 0.15) is 0 Å². The second-order valence-electron chi connectivity index (χ2n) is 4.53. The molecule has 15 heavy (non-hydrogen) atoms. The Labute approximate surface area is 88.9 Å². The molecule has 2 unspecified atom stereocenters. The van der Waals surface area contributed by atoms with Crippen molar-refractivity contribution in [2.24, 2.45) is 17.8 Å². The molecule has 4 heteroatoms. The van der Waals surface area contributed by atoms with Crippen molar-refractivity contribution in [1.82, 2.24) is 4.90 Å². The van der Waals surface area contributed by atoms with E-state index < -0.39 is 0 Å². The summed E-state index contributed by atoms with van der Waals surface area (Å²) in [6, 6.07) is 1.96. The van der Waals surface area contributed by atoms with Gasteiger partial charge in [0.25, 0.3) is 0 Å². The summed E-state index contributed by atoms with van der Waals surface area (Å²) in [6.07, 6.45) is 1.91. The third-order valence-corrected chi connectivity index (χ3v) is 3.41. The molecule has 0 spiro atoms. The van der Waals surface area contributed by atoms with Gasteiger partial charge in [-0.05, 0) is 18.8 Å². The molecule has 1 saturated heterocycles. The van der Waals surface area contributed by atoms with Gasteiger partial charge in [0, 0.05) is 6.54 Å². The summed E-state index contributed by atoms with van der Waals surface area (Å²) in [5, 5.41) is 8.44. The van der Waals surface area contributed by atoms with E-state index in [1.54, 1.807) is 0 Å². The summed E-state index contributed by atoms with van der Waals surface area (Å²) < 4.78 is 0. The topological polar surface area (TPSA) is 61.2 Å². The molecular formula is C11H14N2O2. The molecule has 1 aliphatic carbocycles. The van der Waals surface area contributed by atoms with Crippen molar-refractivity contribution in [1.29, 1.82) is 5.26 Å². The van der Waals surface area contributed by atoms with Crippen LogP contribution in [-0.2, 0) is 9.59 Å². The summed E-state index contributed by atoms with van der Waals surface area (Å²) >= 11 is 0. The van der Waals surface area contributed by atoms with Crippen molar-refractivity contribution < 1.29 is 9.59 Å². The van der Waals surface area contributed by atoms with Crippen molar-refractivity contribution >= 4 is 11.8 Å². The Bertz CT molecular complexity index is 321. The molecule has 0 aromatic carbocycles. The van der Waals surface area contributed by atoms with E-state index in [0.29, 0.717) is 5.92 Å². The Morgan fingerprint density at radius 3 is 2.33 bits per heavy atom. The van der Waals surface area contributed by atoms with Crippen LogP contribution in [0.15, 0.2) is 0 Å². The minimum Gasteiger partial charge on any atom is -0.281 e. The first kappa shape index (κ1) is 10.2. The number of nitrogens with zero attached hydrogens (tertiary/aromatic N) is 2. The van der Waals surface area contributed by atoms with Crippen LogP contribution in [0.5, 0.6) is 0 Å².